The summed E-state index contributed by atoms with van der Waals surface area (Å²) in [6, 6.07) is 9.47. The van der Waals surface area contributed by atoms with Crippen LogP contribution in [0, 0.1) is 12.3 Å². The molecule has 3 rings (SSSR count). The monoisotopic (exact) mass is 286 g/mol. The van der Waals surface area contributed by atoms with Gasteiger partial charge in [0.15, 0.2) is 0 Å². The van der Waals surface area contributed by atoms with E-state index in [0.29, 0.717) is 11.5 Å². The van der Waals surface area contributed by atoms with Crippen LogP contribution in [0.15, 0.2) is 24.3 Å². The fourth-order valence-electron chi connectivity index (χ4n) is 4.60. The summed E-state index contributed by atoms with van der Waals surface area (Å²) in [7, 11) is 0. The summed E-state index contributed by atoms with van der Waals surface area (Å²) in [5, 5.41) is 0. The molecule has 2 nitrogen and oxygen atoms in total. The molecular formula is C19H30N2. The number of benzene rings is 1. The largest absolute Gasteiger partial charge is 0.326 e. The highest BCUT2D eigenvalue weighted by molar-refractivity contribution is 5.26. The Balaban J connectivity index is 1.74. The molecule has 116 valence electrons. The molecule has 0 amide bonds. The number of likely N-dealkylation sites (tertiary alicyclic amines) is 1. The zero-order valence-corrected chi connectivity index (χ0v) is 13.6. The molecule has 1 spiro atoms. The SMILES string of the molecule is Cc1cccc(C(C(C)N)N2CCC3(CCCC3)CC2)c1. The number of nitrogens with zero attached hydrogens (tertiary/aromatic N) is 1. The molecule has 2 N–H and O–H groups in total. The van der Waals surface area contributed by atoms with Crippen molar-refractivity contribution in [3.05, 3.63) is 35.4 Å². The van der Waals surface area contributed by atoms with Crippen molar-refractivity contribution in [1.82, 2.24) is 4.90 Å². The minimum Gasteiger partial charge on any atom is -0.326 e. The van der Waals surface area contributed by atoms with E-state index in [2.05, 4.69) is 43.0 Å². The summed E-state index contributed by atoms with van der Waals surface area (Å²) >= 11 is 0. The normalized spacial score (nSPS) is 25.1. The Hall–Kier alpha value is -0.860. The molecule has 1 saturated heterocycles. The predicted octanol–water partition coefficient (Wildman–Crippen LogP) is 4.04. The molecule has 2 heteroatoms. The van der Waals surface area contributed by atoms with Gasteiger partial charge in [0.1, 0.15) is 0 Å². The van der Waals surface area contributed by atoms with Gasteiger partial charge in [0.2, 0.25) is 0 Å². The van der Waals surface area contributed by atoms with Gasteiger partial charge >= 0.3 is 0 Å². The third-order valence-electron chi connectivity index (χ3n) is 5.80. The average molecular weight is 286 g/mol. The Morgan fingerprint density at radius 1 is 1.10 bits per heavy atom. The quantitative estimate of drug-likeness (QED) is 0.908. The summed E-state index contributed by atoms with van der Waals surface area (Å²) in [6.45, 7) is 6.78. The van der Waals surface area contributed by atoms with Crippen molar-refractivity contribution in [2.75, 3.05) is 13.1 Å². The van der Waals surface area contributed by atoms with Crippen LogP contribution in [-0.4, -0.2) is 24.0 Å². The first-order chi connectivity index (χ1) is 10.1. The summed E-state index contributed by atoms with van der Waals surface area (Å²) in [5.41, 5.74) is 9.77. The first kappa shape index (κ1) is 15.1. The van der Waals surface area contributed by atoms with Crippen molar-refractivity contribution in [1.29, 1.82) is 0 Å². The van der Waals surface area contributed by atoms with Crippen LogP contribution >= 0.6 is 0 Å². The van der Waals surface area contributed by atoms with E-state index in [1.807, 2.05) is 0 Å². The number of aryl methyl sites for hydroxylation is 1. The lowest BCUT2D eigenvalue weighted by Gasteiger charge is -2.44. The Morgan fingerprint density at radius 2 is 1.76 bits per heavy atom. The molecule has 2 atom stereocenters. The average Bonchev–Trinajstić information content (AvgIpc) is 2.90. The zero-order valence-electron chi connectivity index (χ0n) is 13.6. The van der Waals surface area contributed by atoms with Gasteiger partial charge < -0.3 is 5.73 Å². The molecule has 1 heterocycles. The second-order valence-electron chi connectivity index (χ2n) is 7.46. The first-order valence-electron chi connectivity index (χ1n) is 8.66. The van der Waals surface area contributed by atoms with Crippen LogP contribution in [0.25, 0.3) is 0 Å². The molecule has 1 aromatic carbocycles. The highest BCUT2D eigenvalue weighted by Crippen LogP contribution is 2.47. The van der Waals surface area contributed by atoms with Crippen molar-refractivity contribution in [3.8, 4) is 0 Å². The Kier molecular flexibility index (Phi) is 4.37. The minimum absolute atomic E-state index is 0.185. The fourth-order valence-corrected chi connectivity index (χ4v) is 4.60. The third kappa shape index (κ3) is 3.17. The maximum atomic E-state index is 6.35. The van der Waals surface area contributed by atoms with Gasteiger partial charge in [-0.25, -0.2) is 0 Å². The van der Waals surface area contributed by atoms with Gasteiger partial charge in [-0.3, -0.25) is 4.90 Å². The van der Waals surface area contributed by atoms with Crippen LogP contribution in [0.1, 0.15) is 62.6 Å². The molecule has 1 aliphatic carbocycles. The summed E-state index contributed by atoms with van der Waals surface area (Å²) in [5.74, 6) is 0. The van der Waals surface area contributed by atoms with Crippen molar-refractivity contribution >= 4 is 0 Å². The number of piperidine rings is 1. The van der Waals surface area contributed by atoms with E-state index in [9.17, 15) is 0 Å². The van der Waals surface area contributed by atoms with Crippen molar-refractivity contribution in [3.63, 3.8) is 0 Å². The number of hydrogen-bond acceptors (Lipinski definition) is 2. The minimum atomic E-state index is 0.185. The molecule has 2 unspecified atom stereocenters. The highest BCUT2D eigenvalue weighted by Gasteiger charge is 2.39. The van der Waals surface area contributed by atoms with Gasteiger partial charge in [-0.05, 0) is 63.6 Å². The highest BCUT2D eigenvalue weighted by atomic mass is 15.2. The van der Waals surface area contributed by atoms with Gasteiger partial charge in [0.25, 0.3) is 0 Å². The van der Waals surface area contributed by atoms with Crippen LogP contribution < -0.4 is 5.73 Å². The molecule has 2 fully saturated rings. The van der Waals surface area contributed by atoms with E-state index < -0.39 is 0 Å². The molecule has 0 radical (unpaired) electrons. The molecular weight excluding hydrogens is 256 g/mol. The van der Waals surface area contributed by atoms with Gasteiger partial charge in [-0.1, -0.05) is 42.7 Å². The van der Waals surface area contributed by atoms with E-state index in [1.165, 1.54) is 62.7 Å². The second kappa shape index (κ2) is 6.10. The van der Waals surface area contributed by atoms with Gasteiger partial charge in [0.05, 0.1) is 0 Å². The summed E-state index contributed by atoms with van der Waals surface area (Å²) in [6.07, 6.45) is 8.59. The lowest BCUT2D eigenvalue weighted by atomic mass is 9.76. The summed E-state index contributed by atoms with van der Waals surface area (Å²) in [4.78, 5) is 2.64. The Morgan fingerprint density at radius 3 is 2.33 bits per heavy atom. The van der Waals surface area contributed by atoms with Crippen molar-refractivity contribution in [2.24, 2.45) is 11.1 Å². The molecule has 1 aromatic rings. The predicted molar refractivity (Wildman–Crippen MR) is 89.3 cm³/mol. The van der Waals surface area contributed by atoms with Crippen molar-refractivity contribution < 1.29 is 0 Å². The standard InChI is InChI=1S/C19H30N2/c1-15-6-5-7-17(14-15)18(16(2)20)21-12-10-19(11-13-21)8-3-4-9-19/h5-7,14,16,18H,3-4,8-13,20H2,1-2H3. The van der Waals surface area contributed by atoms with Crippen LogP contribution in [0.3, 0.4) is 0 Å². The molecule has 0 aromatic heterocycles. The second-order valence-corrected chi connectivity index (χ2v) is 7.46. The van der Waals surface area contributed by atoms with Gasteiger partial charge in [0, 0.05) is 12.1 Å². The van der Waals surface area contributed by atoms with E-state index in [4.69, 9.17) is 5.73 Å². The maximum Gasteiger partial charge on any atom is 0.0496 e. The van der Waals surface area contributed by atoms with Crippen LogP contribution in [-0.2, 0) is 0 Å². The Labute approximate surface area is 129 Å². The number of rotatable bonds is 3. The number of nitrogens with two attached hydrogens (primary N) is 1. The fraction of sp³-hybridized carbons (Fsp3) is 0.684. The van der Waals surface area contributed by atoms with Crippen molar-refractivity contribution in [2.45, 2.75) is 64.5 Å². The maximum absolute atomic E-state index is 6.35. The number of hydrogen-bond donors (Lipinski definition) is 1. The van der Waals surface area contributed by atoms with E-state index in [-0.39, 0.29) is 6.04 Å². The molecule has 0 bridgehead atoms. The Bertz CT molecular complexity index is 464. The lowest BCUT2D eigenvalue weighted by Crippen LogP contribution is -2.46. The van der Waals surface area contributed by atoms with Crippen LogP contribution in [0.4, 0.5) is 0 Å². The van der Waals surface area contributed by atoms with E-state index in [0.717, 1.165) is 0 Å². The van der Waals surface area contributed by atoms with E-state index >= 15 is 0 Å². The molecule has 1 saturated carbocycles. The smallest absolute Gasteiger partial charge is 0.0496 e. The van der Waals surface area contributed by atoms with Crippen LogP contribution in [0.2, 0.25) is 0 Å². The molecule has 21 heavy (non-hydrogen) atoms. The lowest BCUT2D eigenvalue weighted by molar-refractivity contribution is 0.0677. The zero-order chi connectivity index (χ0) is 14.9. The van der Waals surface area contributed by atoms with Gasteiger partial charge in [-0.2, -0.15) is 0 Å². The van der Waals surface area contributed by atoms with E-state index in [1.54, 1.807) is 0 Å². The first-order valence-corrected chi connectivity index (χ1v) is 8.66. The summed E-state index contributed by atoms with van der Waals surface area (Å²) < 4.78 is 0. The van der Waals surface area contributed by atoms with Gasteiger partial charge in [-0.15, -0.1) is 0 Å². The molecule has 1 aliphatic heterocycles. The van der Waals surface area contributed by atoms with Crippen LogP contribution in [0.5, 0.6) is 0 Å². The molecule has 2 aliphatic rings. The topological polar surface area (TPSA) is 29.3 Å². The third-order valence-corrected chi connectivity index (χ3v) is 5.80.